The molecule has 0 saturated heterocycles. The van der Waals surface area contributed by atoms with Crippen molar-refractivity contribution in [1.29, 1.82) is 0 Å². The van der Waals surface area contributed by atoms with Gasteiger partial charge in [0.25, 0.3) is 0 Å². The van der Waals surface area contributed by atoms with E-state index in [0.717, 1.165) is 12.8 Å². The standard InChI is InChI=1S/C16H21ClO4/c1-8-11(13(18)19)12(15(2,3)4)10(17)7-16(8,14(20)21)9-5-6-9/h7-9H,5-6H2,1-4H3,(H,18,19)(H,20,21). The van der Waals surface area contributed by atoms with Gasteiger partial charge in [0.1, 0.15) is 0 Å². The van der Waals surface area contributed by atoms with Crippen molar-refractivity contribution in [2.45, 2.75) is 40.5 Å². The number of carboxylic acid groups (broad SMARTS) is 2. The highest BCUT2D eigenvalue weighted by Gasteiger charge is 2.57. The van der Waals surface area contributed by atoms with Gasteiger partial charge in [-0.05, 0) is 35.8 Å². The van der Waals surface area contributed by atoms with Gasteiger partial charge in [0, 0.05) is 16.5 Å². The van der Waals surface area contributed by atoms with Crippen LogP contribution in [0.4, 0.5) is 0 Å². The summed E-state index contributed by atoms with van der Waals surface area (Å²) in [4.78, 5) is 23.7. The third kappa shape index (κ3) is 2.39. The van der Waals surface area contributed by atoms with Crippen molar-refractivity contribution < 1.29 is 19.8 Å². The molecule has 2 rings (SSSR count). The predicted octanol–water partition coefficient (Wildman–Crippen LogP) is 3.67. The highest BCUT2D eigenvalue weighted by molar-refractivity contribution is 6.33. The van der Waals surface area contributed by atoms with Crippen molar-refractivity contribution >= 4 is 23.5 Å². The number of hydrogen-bond acceptors (Lipinski definition) is 2. The van der Waals surface area contributed by atoms with Gasteiger partial charge in [0.05, 0.1) is 5.41 Å². The highest BCUT2D eigenvalue weighted by Crippen LogP contribution is 2.58. The smallest absolute Gasteiger partial charge is 0.332 e. The number of halogens is 1. The molecule has 21 heavy (non-hydrogen) atoms. The third-order valence-corrected chi connectivity index (χ3v) is 4.93. The predicted molar refractivity (Wildman–Crippen MR) is 80.0 cm³/mol. The van der Waals surface area contributed by atoms with Crippen LogP contribution in [0.15, 0.2) is 22.3 Å². The van der Waals surface area contributed by atoms with E-state index in [-0.39, 0.29) is 16.5 Å². The molecule has 2 aliphatic carbocycles. The molecule has 0 radical (unpaired) electrons. The zero-order chi connectivity index (χ0) is 16.2. The normalized spacial score (nSPS) is 30.1. The Hall–Kier alpha value is -1.29. The number of hydrogen-bond donors (Lipinski definition) is 2. The van der Waals surface area contributed by atoms with Crippen molar-refractivity contribution in [2.75, 3.05) is 0 Å². The van der Waals surface area contributed by atoms with Crippen LogP contribution in [0, 0.1) is 22.7 Å². The summed E-state index contributed by atoms with van der Waals surface area (Å²) in [6.07, 6.45) is 3.19. The largest absolute Gasteiger partial charge is 0.481 e. The average molecular weight is 313 g/mol. The van der Waals surface area contributed by atoms with Crippen molar-refractivity contribution in [3.05, 3.63) is 22.3 Å². The number of allylic oxidation sites excluding steroid dienone is 2. The Bertz CT molecular complexity index is 563. The van der Waals surface area contributed by atoms with Crippen LogP contribution in [0.25, 0.3) is 0 Å². The van der Waals surface area contributed by atoms with Gasteiger partial charge in [0.15, 0.2) is 0 Å². The number of carbonyl (C=O) groups is 2. The van der Waals surface area contributed by atoms with Gasteiger partial charge >= 0.3 is 11.9 Å². The lowest BCUT2D eigenvalue weighted by atomic mass is 9.62. The maximum absolute atomic E-state index is 11.9. The Morgan fingerprint density at radius 3 is 2.14 bits per heavy atom. The number of aliphatic carboxylic acids is 2. The van der Waals surface area contributed by atoms with Crippen LogP contribution >= 0.6 is 11.6 Å². The van der Waals surface area contributed by atoms with Crippen LogP contribution in [-0.2, 0) is 9.59 Å². The molecule has 0 aliphatic heterocycles. The summed E-state index contributed by atoms with van der Waals surface area (Å²) in [6.45, 7) is 7.36. The van der Waals surface area contributed by atoms with E-state index in [1.807, 2.05) is 20.8 Å². The Morgan fingerprint density at radius 1 is 1.29 bits per heavy atom. The monoisotopic (exact) mass is 312 g/mol. The fraction of sp³-hybridized carbons (Fsp3) is 0.625. The highest BCUT2D eigenvalue weighted by atomic mass is 35.5. The number of carboxylic acids is 2. The molecule has 5 heteroatoms. The van der Waals surface area contributed by atoms with E-state index in [4.69, 9.17) is 11.6 Å². The first-order valence-corrected chi connectivity index (χ1v) is 7.51. The molecule has 0 amide bonds. The Balaban J connectivity index is 2.70. The van der Waals surface area contributed by atoms with Gasteiger partial charge in [-0.1, -0.05) is 39.3 Å². The lowest BCUT2D eigenvalue weighted by Crippen LogP contribution is -2.43. The fourth-order valence-corrected chi connectivity index (χ4v) is 4.07. The zero-order valence-electron chi connectivity index (χ0n) is 12.7. The Morgan fingerprint density at radius 2 is 1.81 bits per heavy atom. The maximum atomic E-state index is 11.9. The third-order valence-electron chi connectivity index (χ3n) is 4.63. The summed E-state index contributed by atoms with van der Waals surface area (Å²) in [7, 11) is 0. The summed E-state index contributed by atoms with van der Waals surface area (Å²) in [5, 5.41) is 19.7. The molecule has 4 nitrogen and oxygen atoms in total. The first-order chi connectivity index (χ1) is 9.53. The van der Waals surface area contributed by atoms with E-state index < -0.39 is 28.7 Å². The van der Waals surface area contributed by atoms with Crippen LogP contribution in [0.5, 0.6) is 0 Å². The van der Waals surface area contributed by atoms with E-state index in [9.17, 15) is 19.8 Å². The first kappa shape index (κ1) is 16.1. The summed E-state index contributed by atoms with van der Waals surface area (Å²) in [5.74, 6) is -2.70. The van der Waals surface area contributed by atoms with Gasteiger partial charge in [-0.3, -0.25) is 4.79 Å². The van der Waals surface area contributed by atoms with Gasteiger partial charge in [0.2, 0.25) is 0 Å². The van der Waals surface area contributed by atoms with Crippen molar-refractivity contribution in [3.63, 3.8) is 0 Å². The van der Waals surface area contributed by atoms with Gasteiger partial charge < -0.3 is 10.2 Å². The Kier molecular flexibility index (Phi) is 3.73. The Labute approximate surface area is 129 Å². The van der Waals surface area contributed by atoms with Crippen LogP contribution in [0.1, 0.15) is 40.5 Å². The summed E-state index contributed by atoms with van der Waals surface area (Å²) in [6, 6.07) is 0. The average Bonchev–Trinajstić information content (AvgIpc) is 3.12. The van der Waals surface area contributed by atoms with E-state index in [1.54, 1.807) is 13.0 Å². The molecule has 2 unspecified atom stereocenters. The molecule has 0 aromatic rings. The van der Waals surface area contributed by atoms with Crippen molar-refractivity contribution in [3.8, 4) is 0 Å². The molecule has 0 aromatic heterocycles. The molecule has 1 saturated carbocycles. The minimum absolute atomic E-state index is 0.0328. The molecular formula is C16H21ClO4. The van der Waals surface area contributed by atoms with Crippen LogP contribution < -0.4 is 0 Å². The first-order valence-electron chi connectivity index (χ1n) is 7.13. The van der Waals surface area contributed by atoms with Gasteiger partial charge in [-0.2, -0.15) is 0 Å². The van der Waals surface area contributed by atoms with Crippen LogP contribution in [-0.4, -0.2) is 22.2 Å². The SMILES string of the molecule is CC1C(C(=O)O)=C(C(C)(C)C)C(Cl)=CC1(C(=O)O)C1CC1. The fourth-order valence-electron chi connectivity index (χ4n) is 3.50. The summed E-state index contributed by atoms with van der Waals surface area (Å²) >= 11 is 6.35. The lowest BCUT2D eigenvalue weighted by molar-refractivity contribution is -0.150. The number of rotatable bonds is 3. The van der Waals surface area contributed by atoms with Gasteiger partial charge in [-0.25, -0.2) is 4.79 Å². The molecule has 2 atom stereocenters. The molecule has 1 fully saturated rings. The molecule has 0 spiro atoms. The zero-order valence-corrected chi connectivity index (χ0v) is 13.5. The summed E-state index contributed by atoms with van der Waals surface area (Å²) in [5.41, 5.74) is -0.963. The quantitative estimate of drug-likeness (QED) is 0.834. The molecule has 116 valence electrons. The maximum Gasteiger partial charge on any atom is 0.332 e. The topological polar surface area (TPSA) is 74.6 Å². The lowest BCUT2D eigenvalue weighted by Gasteiger charge is -2.40. The van der Waals surface area contributed by atoms with Crippen LogP contribution in [0.3, 0.4) is 0 Å². The second-order valence-corrected chi connectivity index (χ2v) is 7.48. The van der Waals surface area contributed by atoms with Crippen molar-refractivity contribution in [1.82, 2.24) is 0 Å². The minimum atomic E-state index is -1.19. The van der Waals surface area contributed by atoms with Crippen LogP contribution in [0.2, 0.25) is 0 Å². The molecule has 0 aromatic carbocycles. The molecule has 2 N–H and O–H groups in total. The van der Waals surface area contributed by atoms with E-state index >= 15 is 0 Å². The molecule has 0 bridgehead atoms. The van der Waals surface area contributed by atoms with E-state index in [0.29, 0.717) is 5.57 Å². The second kappa shape index (κ2) is 4.87. The molecular weight excluding hydrogens is 292 g/mol. The molecule has 2 aliphatic rings. The minimum Gasteiger partial charge on any atom is -0.481 e. The van der Waals surface area contributed by atoms with E-state index in [2.05, 4.69) is 0 Å². The van der Waals surface area contributed by atoms with E-state index in [1.165, 1.54) is 0 Å². The molecule has 0 heterocycles. The van der Waals surface area contributed by atoms with Crippen molar-refractivity contribution in [2.24, 2.45) is 22.7 Å². The second-order valence-electron chi connectivity index (χ2n) is 7.07. The summed E-state index contributed by atoms with van der Waals surface area (Å²) < 4.78 is 0. The van der Waals surface area contributed by atoms with Gasteiger partial charge in [-0.15, -0.1) is 0 Å².